The van der Waals surface area contributed by atoms with E-state index in [1.54, 1.807) is 0 Å². The lowest BCUT2D eigenvalue weighted by Gasteiger charge is -2.30. The van der Waals surface area contributed by atoms with Crippen LogP contribution in [-0.4, -0.2) is 46.5 Å². The molecule has 2 aliphatic heterocycles. The van der Waals surface area contributed by atoms with Crippen molar-refractivity contribution in [3.63, 3.8) is 0 Å². The Kier molecular flexibility index (Phi) is 8.83. The Morgan fingerprint density at radius 2 is 1.00 bits per heavy atom. The minimum absolute atomic E-state index is 0.136. The zero-order chi connectivity index (χ0) is 23.1. The molecule has 0 N–H and O–H groups in total. The molecule has 2 aliphatic carbocycles. The predicted octanol–water partition coefficient (Wildman–Crippen LogP) is 4.26. The van der Waals surface area contributed by atoms with Gasteiger partial charge in [0.25, 0.3) is 23.6 Å². The second kappa shape index (κ2) is 11.6. The Bertz CT molecular complexity index is 728. The molecule has 176 valence electrons. The highest BCUT2D eigenvalue weighted by Crippen LogP contribution is 2.32. The highest BCUT2D eigenvalue weighted by Gasteiger charge is 2.30. The maximum Gasteiger partial charge on any atom is 0.253 e. The van der Waals surface area contributed by atoms with Crippen LogP contribution in [0.3, 0.4) is 0 Å². The topological polar surface area (TPSA) is 74.8 Å². The highest BCUT2D eigenvalue weighted by atomic mass is 16.2. The molecule has 2 unspecified atom stereocenters. The summed E-state index contributed by atoms with van der Waals surface area (Å²) in [4.78, 5) is 48.4. The molecule has 2 saturated carbocycles. The van der Waals surface area contributed by atoms with Crippen molar-refractivity contribution in [2.24, 2.45) is 23.7 Å². The second-order valence-electron chi connectivity index (χ2n) is 9.84. The van der Waals surface area contributed by atoms with E-state index in [1.807, 2.05) is 0 Å². The molecule has 2 heterocycles. The quantitative estimate of drug-likeness (QED) is 0.576. The molecular formula is C26H38N2O4. The summed E-state index contributed by atoms with van der Waals surface area (Å²) in [5, 5.41) is 0. The summed E-state index contributed by atoms with van der Waals surface area (Å²) in [5.41, 5.74) is 0. The second-order valence-corrected chi connectivity index (χ2v) is 9.84. The number of nitrogens with zero attached hydrogens (tertiary/aromatic N) is 2. The molecule has 6 heteroatoms. The van der Waals surface area contributed by atoms with Crippen LogP contribution >= 0.6 is 0 Å². The lowest BCUT2D eigenvalue weighted by Crippen LogP contribution is -2.36. The van der Waals surface area contributed by atoms with E-state index in [4.69, 9.17) is 0 Å². The van der Waals surface area contributed by atoms with Crippen LogP contribution < -0.4 is 0 Å². The number of carbonyl (C=O) groups is 4. The maximum atomic E-state index is 11.4. The van der Waals surface area contributed by atoms with E-state index in [-0.39, 0.29) is 23.6 Å². The van der Waals surface area contributed by atoms with Crippen LogP contribution in [0.25, 0.3) is 0 Å². The average Bonchev–Trinajstić information content (AvgIpc) is 3.30. The molecule has 0 radical (unpaired) electrons. The molecular weight excluding hydrogens is 404 g/mol. The van der Waals surface area contributed by atoms with Crippen LogP contribution in [0.15, 0.2) is 24.3 Å². The van der Waals surface area contributed by atoms with E-state index < -0.39 is 0 Å². The van der Waals surface area contributed by atoms with Gasteiger partial charge in [-0.25, -0.2) is 0 Å². The van der Waals surface area contributed by atoms with Gasteiger partial charge in [0.1, 0.15) is 0 Å². The van der Waals surface area contributed by atoms with Gasteiger partial charge in [0.2, 0.25) is 0 Å². The summed E-state index contributed by atoms with van der Waals surface area (Å²) in [6, 6.07) is 0. The minimum atomic E-state index is -0.136. The van der Waals surface area contributed by atoms with Gasteiger partial charge in [-0.1, -0.05) is 52.4 Å². The smallest absolute Gasteiger partial charge is 0.253 e. The third-order valence-corrected chi connectivity index (χ3v) is 7.70. The van der Waals surface area contributed by atoms with Gasteiger partial charge in [-0.2, -0.15) is 0 Å². The number of carbonyl (C=O) groups excluding carboxylic acids is 4. The molecule has 4 amide bonds. The Morgan fingerprint density at radius 1 is 0.594 bits per heavy atom. The van der Waals surface area contributed by atoms with Crippen LogP contribution in [0, 0.1) is 23.7 Å². The lowest BCUT2D eigenvalue weighted by molar-refractivity contribution is -0.139. The predicted molar refractivity (Wildman–Crippen MR) is 123 cm³/mol. The number of amides is 4. The summed E-state index contributed by atoms with van der Waals surface area (Å²) in [6.07, 6.45) is 17.7. The van der Waals surface area contributed by atoms with Gasteiger partial charge in [-0.3, -0.25) is 29.0 Å². The van der Waals surface area contributed by atoms with Gasteiger partial charge in [0, 0.05) is 37.4 Å². The Labute approximate surface area is 192 Å². The van der Waals surface area contributed by atoms with Gasteiger partial charge in [0.05, 0.1) is 0 Å². The van der Waals surface area contributed by atoms with E-state index in [2.05, 4.69) is 13.8 Å². The number of hydrogen-bond acceptors (Lipinski definition) is 4. The van der Waals surface area contributed by atoms with Gasteiger partial charge in [-0.05, 0) is 49.4 Å². The van der Waals surface area contributed by atoms with Crippen molar-refractivity contribution in [2.45, 2.75) is 78.1 Å². The van der Waals surface area contributed by atoms with Crippen molar-refractivity contribution < 1.29 is 19.2 Å². The van der Waals surface area contributed by atoms with Crippen molar-refractivity contribution in [2.75, 3.05) is 13.1 Å². The molecule has 2 atom stereocenters. The zero-order valence-corrected chi connectivity index (χ0v) is 19.6. The van der Waals surface area contributed by atoms with E-state index in [0.29, 0.717) is 24.9 Å². The standard InChI is InChI=1S/2C13H19NO2/c1-2-10-3-5-11(6-4-10)9-14-12(15)7-8-13(14)16;1-2-10-4-3-5-11(8-10)9-14-12(15)6-7-13(14)16/h7-8,10-11H,2-6,9H2,1H3;6-7,10-11H,2-5,8-9H2,1H3. The third-order valence-electron chi connectivity index (χ3n) is 7.70. The molecule has 4 rings (SSSR count). The fourth-order valence-corrected chi connectivity index (χ4v) is 5.50. The largest absolute Gasteiger partial charge is 0.275 e. The minimum Gasteiger partial charge on any atom is -0.275 e. The normalized spacial score (nSPS) is 30.2. The number of hydrogen-bond donors (Lipinski definition) is 0. The molecule has 0 aromatic carbocycles. The molecule has 4 aliphatic rings. The van der Waals surface area contributed by atoms with Crippen molar-refractivity contribution in [3.8, 4) is 0 Å². The van der Waals surface area contributed by atoms with Crippen molar-refractivity contribution in [3.05, 3.63) is 24.3 Å². The average molecular weight is 443 g/mol. The van der Waals surface area contributed by atoms with Crippen molar-refractivity contribution >= 4 is 23.6 Å². The van der Waals surface area contributed by atoms with Gasteiger partial charge >= 0.3 is 0 Å². The Balaban J connectivity index is 0.000000181. The number of imide groups is 2. The first kappa shape index (κ1) is 24.4. The molecule has 0 spiro atoms. The molecule has 0 saturated heterocycles. The summed E-state index contributed by atoms with van der Waals surface area (Å²) in [7, 11) is 0. The van der Waals surface area contributed by atoms with Gasteiger partial charge < -0.3 is 0 Å². The Morgan fingerprint density at radius 3 is 1.47 bits per heavy atom. The summed E-state index contributed by atoms with van der Waals surface area (Å²) in [5.74, 6) is 2.15. The first-order valence-electron chi connectivity index (χ1n) is 12.5. The summed E-state index contributed by atoms with van der Waals surface area (Å²) >= 11 is 0. The lowest BCUT2D eigenvalue weighted by atomic mass is 9.80. The molecule has 32 heavy (non-hydrogen) atoms. The monoisotopic (exact) mass is 442 g/mol. The van der Waals surface area contributed by atoms with Crippen LogP contribution in [0.2, 0.25) is 0 Å². The fraction of sp³-hybridized carbons (Fsp3) is 0.692. The highest BCUT2D eigenvalue weighted by molar-refractivity contribution is 6.13. The Hall–Kier alpha value is -2.24. The summed E-state index contributed by atoms with van der Waals surface area (Å²) in [6.45, 7) is 5.71. The van der Waals surface area contributed by atoms with Gasteiger partial charge in [0.15, 0.2) is 0 Å². The first-order chi connectivity index (χ1) is 15.4. The van der Waals surface area contributed by atoms with Crippen LogP contribution in [0.1, 0.15) is 78.1 Å². The molecule has 0 aromatic heterocycles. The molecule has 0 bridgehead atoms. The van der Waals surface area contributed by atoms with Crippen LogP contribution in [0.5, 0.6) is 0 Å². The molecule has 0 aromatic rings. The third kappa shape index (κ3) is 6.39. The summed E-state index contributed by atoms with van der Waals surface area (Å²) < 4.78 is 0. The zero-order valence-electron chi connectivity index (χ0n) is 19.6. The first-order valence-corrected chi connectivity index (χ1v) is 12.5. The van der Waals surface area contributed by atoms with E-state index in [9.17, 15) is 19.2 Å². The van der Waals surface area contributed by atoms with E-state index >= 15 is 0 Å². The van der Waals surface area contributed by atoms with E-state index in [0.717, 1.165) is 31.1 Å². The van der Waals surface area contributed by atoms with Crippen LogP contribution in [0.4, 0.5) is 0 Å². The van der Waals surface area contributed by atoms with Crippen molar-refractivity contribution in [1.29, 1.82) is 0 Å². The molecule has 6 nitrogen and oxygen atoms in total. The SMILES string of the molecule is CCC1CCC(CN2C(=O)C=CC2=O)CC1.CCC1CCCC(CN2C(=O)C=CC2=O)C1. The number of rotatable bonds is 6. The molecule has 2 fully saturated rings. The maximum absolute atomic E-state index is 11.4. The van der Waals surface area contributed by atoms with E-state index in [1.165, 1.54) is 79.0 Å². The fourth-order valence-electron chi connectivity index (χ4n) is 5.50. The van der Waals surface area contributed by atoms with Crippen LogP contribution in [-0.2, 0) is 19.2 Å². The van der Waals surface area contributed by atoms with Crippen molar-refractivity contribution in [1.82, 2.24) is 9.80 Å². The van der Waals surface area contributed by atoms with Gasteiger partial charge in [-0.15, -0.1) is 0 Å².